The molecule has 0 saturated carbocycles. The maximum atomic E-state index is 9.95. The summed E-state index contributed by atoms with van der Waals surface area (Å²) in [5, 5.41) is 0.801. The van der Waals surface area contributed by atoms with Gasteiger partial charge in [0.2, 0.25) is 0 Å². The zero-order valence-electron chi connectivity index (χ0n) is 5.51. The van der Waals surface area contributed by atoms with Gasteiger partial charge < -0.3 is 4.79 Å². The van der Waals surface area contributed by atoms with Crippen LogP contribution in [-0.4, -0.2) is 17.3 Å². The predicted molar refractivity (Wildman–Crippen MR) is 40.8 cm³/mol. The summed E-state index contributed by atoms with van der Waals surface area (Å²) in [5.74, 6) is 1.31. The Labute approximate surface area is 60.2 Å². The van der Waals surface area contributed by atoms with Crippen molar-refractivity contribution in [3.8, 4) is 0 Å². The van der Waals surface area contributed by atoms with Crippen molar-refractivity contribution in [2.24, 2.45) is 0 Å². The van der Waals surface area contributed by atoms with Crippen LogP contribution in [0.2, 0.25) is 0 Å². The van der Waals surface area contributed by atoms with Gasteiger partial charge in [-0.2, -0.15) is 11.8 Å². The van der Waals surface area contributed by atoms with E-state index in [-0.39, 0.29) is 0 Å². The molecule has 0 radical (unpaired) electrons. The lowest BCUT2D eigenvalue weighted by atomic mass is 10.2. The van der Waals surface area contributed by atoms with Crippen LogP contribution in [0.4, 0.5) is 0 Å². The molecule has 1 fully saturated rings. The summed E-state index contributed by atoms with van der Waals surface area (Å²) in [6.45, 7) is 0. The van der Waals surface area contributed by atoms with E-state index in [2.05, 4.69) is 0 Å². The van der Waals surface area contributed by atoms with Gasteiger partial charge >= 0.3 is 0 Å². The first-order valence-corrected chi connectivity index (χ1v) is 4.53. The van der Waals surface area contributed by atoms with E-state index in [9.17, 15) is 4.79 Å². The minimum atomic E-state index is 0.762. The second-order valence-electron chi connectivity index (χ2n) is 2.38. The molecule has 1 aliphatic rings. The van der Waals surface area contributed by atoms with Crippen molar-refractivity contribution in [3.05, 3.63) is 0 Å². The molecule has 1 rings (SSSR count). The maximum absolute atomic E-state index is 9.95. The molecule has 0 bridgehead atoms. The van der Waals surface area contributed by atoms with Gasteiger partial charge in [0, 0.05) is 11.7 Å². The summed E-state index contributed by atoms with van der Waals surface area (Å²) in [6.07, 6.45) is 5.58. The van der Waals surface area contributed by atoms with E-state index >= 15 is 0 Å². The zero-order chi connectivity index (χ0) is 6.53. The molecule has 1 saturated heterocycles. The third kappa shape index (κ3) is 2.39. The monoisotopic (exact) mass is 144 g/mol. The van der Waals surface area contributed by atoms with Crippen LogP contribution in [0.15, 0.2) is 0 Å². The Morgan fingerprint density at radius 2 is 2.56 bits per heavy atom. The van der Waals surface area contributed by atoms with Gasteiger partial charge in [0.1, 0.15) is 6.29 Å². The number of carbonyl (C=O) groups excluding carboxylic acids is 1. The molecule has 1 aliphatic heterocycles. The van der Waals surface area contributed by atoms with Gasteiger partial charge in [-0.05, 0) is 25.0 Å². The maximum Gasteiger partial charge on any atom is 0.120 e. The Bertz CT molecular complexity index is 86.9. The lowest BCUT2D eigenvalue weighted by Crippen LogP contribution is -1.95. The van der Waals surface area contributed by atoms with Crippen molar-refractivity contribution >= 4 is 18.0 Å². The highest BCUT2D eigenvalue weighted by Gasteiger charge is 2.13. The average molecular weight is 144 g/mol. The van der Waals surface area contributed by atoms with Crippen molar-refractivity contribution in [1.29, 1.82) is 0 Å². The highest BCUT2D eigenvalue weighted by molar-refractivity contribution is 8.00. The van der Waals surface area contributed by atoms with E-state index < -0.39 is 0 Å². The van der Waals surface area contributed by atoms with Gasteiger partial charge in [-0.25, -0.2) is 0 Å². The van der Waals surface area contributed by atoms with Crippen LogP contribution >= 0.6 is 11.8 Å². The number of hydrogen-bond acceptors (Lipinski definition) is 2. The summed E-state index contributed by atoms with van der Waals surface area (Å²) < 4.78 is 0. The summed E-state index contributed by atoms with van der Waals surface area (Å²) in [6, 6.07) is 0. The van der Waals surface area contributed by atoms with Crippen LogP contribution in [0, 0.1) is 0 Å². The second kappa shape index (κ2) is 3.94. The summed E-state index contributed by atoms with van der Waals surface area (Å²) in [5.41, 5.74) is 0. The van der Waals surface area contributed by atoms with Gasteiger partial charge in [0.25, 0.3) is 0 Å². The molecule has 1 atom stereocenters. The zero-order valence-corrected chi connectivity index (χ0v) is 6.32. The molecule has 0 amide bonds. The molecule has 0 aliphatic carbocycles. The summed E-state index contributed by atoms with van der Waals surface area (Å²) in [7, 11) is 0. The van der Waals surface area contributed by atoms with Gasteiger partial charge in [-0.15, -0.1) is 0 Å². The largest absolute Gasteiger partial charge is 0.303 e. The average Bonchev–Trinajstić information content (AvgIpc) is 2.34. The number of carbonyl (C=O) groups is 1. The van der Waals surface area contributed by atoms with Crippen LogP contribution < -0.4 is 0 Å². The van der Waals surface area contributed by atoms with Crippen molar-refractivity contribution in [1.82, 2.24) is 0 Å². The lowest BCUT2D eigenvalue weighted by molar-refractivity contribution is -0.107. The minimum absolute atomic E-state index is 0.762. The third-order valence-electron chi connectivity index (χ3n) is 1.63. The number of thioether (sulfide) groups is 1. The van der Waals surface area contributed by atoms with Gasteiger partial charge in [-0.1, -0.05) is 0 Å². The van der Waals surface area contributed by atoms with Crippen molar-refractivity contribution in [2.75, 3.05) is 5.75 Å². The normalized spacial score (nSPS) is 26.4. The SMILES string of the molecule is O=CCCC1CCCS1. The molecular weight excluding hydrogens is 132 g/mol. The number of rotatable bonds is 3. The molecule has 2 heteroatoms. The highest BCUT2D eigenvalue weighted by Crippen LogP contribution is 2.28. The molecule has 52 valence electrons. The standard InChI is InChI=1S/C7H12OS/c8-5-1-3-7-4-2-6-9-7/h5,7H,1-4,6H2. The van der Waals surface area contributed by atoms with Crippen molar-refractivity contribution < 1.29 is 4.79 Å². The van der Waals surface area contributed by atoms with Crippen LogP contribution in [0.5, 0.6) is 0 Å². The smallest absolute Gasteiger partial charge is 0.120 e. The molecule has 9 heavy (non-hydrogen) atoms. The lowest BCUT2D eigenvalue weighted by Gasteiger charge is -2.02. The highest BCUT2D eigenvalue weighted by atomic mass is 32.2. The molecular formula is C7H12OS. The van der Waals surface area contributed by atoms with Crippen molar-refractivity contribution in [2.45, 2.75) is 30.9 Å². The molecule has 0 N–H and O–H groups in total. The van der Waals surface area contributed by atoms with Crippen LogP contribution in [0.1, 0.15) is 25.7 Å². The van der Waals surface area contributed by atoms with E-state index in [0.717, 1.165) is 24.4 Å². The van der Waals surface area contributed by atoms with Crippen LogP contribution in [-0.2, 0) is 4.79 Å². The summed E-state index contributed by atoms with van der Waals surface area (Å²) in [4.78, 5) is 9.95. The fourth-order valence-corrected chi connectivity index (χ4v) is 2.43. The Hall–Kier alpha value is 0.0200. The van der Waals surface area contributed by atoms with Crippen LogP contribution in [0.25, 0.3) is 0 Å². The third-order valence-corrected chi connectivity index (χ3v) is 3.10. The molecule has 0 aromatic carbocycles. The Morgan fingerprint density at radius 1 is 1.67 bits per heavy atom. The van der Waals surface area contributed by atoms with E-state index in [4.69, 9.17) is 0 Å². The fraction of sp³-hybridized carbons (Fsp3) is 0.857. The first-order valence-electron chi connectivity index (χ1n) is 3.48. The Morgan fingerprint density at radius 3 is 3.11 bits per heavy atom. The first-order chi connectivity index (χ1) is 4.43. The Kier molecular flexibility index (Phi) is 3.12. The quantitative estimate of drug-likeness (QED) is 0.562. The predicted octanol–water partition coefficient (Wildman–Crippen LogP) is 1.86. The fourth-order valence-electron chi connectivity index (χ4n) is 1.13. The number of aldehydes is 1. The van der Waals surface area contributed by atoms with Crippen molar-refractivity contribution in [3.63, 3.8) is 0 Å². The second-order valence-corrected chi connectivity index (χ2v) is 3.79. The molecule has 0 spiro atoms. The van der Waals surface area contributed by atoms with Gasteiger partial charge in [0.05, 0.1) is 0 Å². The summed E-state index contributed by atoms with van der Waals surface area (Å²) >= 11 is 2.02. The van der Waals surface area contributed by atoms with E-state index in [0.29, 0.717) is 0 Å². The van der Waals surface area contributed by atoms with Gasteiger partial charge in [0.15, 0.2) is 0 Å². The van der Waals surface area contributed by atoms with E-state index in [1.54, 1.807) is 0 Å². The van der Waals surface area contributed by atoms with Crippen LogP contribution in [0.3, 0.4) is 0 Å². The Balaban J connectivity index is 2.04. The van der Waals surface area contributed by atoms with E-state index in [1.165, 1.54) is 18.6 Å². The molecule has 1 heterocycles. The number of hydrogen-bond donors (Lipinski definition) is 0. The molecule has 0 aromatic rings. The molecule has 0 aromatic heterocycles. The molecule has 1 unspecified atom stereocenters. The topological polar surface area (TPSA) is 17.1 Å². The molecule has 1 nitrogen and oxygen atoms in total. The minimum Gasteiger partial charge on any atom is -0.303 e. The van der Waals surface area contributed by atoms with E-state index in [1.807, 2.05) is 11.8 Å². The van der Waals surface area contributed by atoms with Gasteiger partial charge in [-0.3, -0.25) is 0 Å². The first kappa shape index (κ1) is 7.13.